The number of rotatable bonds is 4. The van der Waals surface area contributed by atoms with Crippen molar-refractivity contribution in [1.82, 2.24) is 30.0 Å². The van der Waals surface area contributed by atoms with Gasteiger partial charge >= 0.3 is 0 Å². The fourth-order valence-corrected chi connectivity index (χ4v) is 3.61. The van der Waals surface area contributed by atoms with E-state index in [4.69, 9.17) is 0 Å². The number of carbonyl (C=O) groups is 2. The number of amides is 2. The summed E-state index contributed by atoms with van der Waals surface area (Å²) in [5.74, 6) is 0.834. The second kappa shape index (κ2) is 7.09. The van der Waals surface area contributed by atoms with Crippen molar-refractivity contribution in [2.75, 3.05) is 6.54 Å². The van der Waals surface area contributed by atoms with Crippen LogP contribution in [0.5, 0.6) is 0 Å². The van der Waals surface area contributed by atoms with Gasteiger partial charge in [-0.25, -0.2) is 9.97 Å². The molecule has 2 aromatic heterocycles. The van der Waals surface area contributed by atoms with Crippen LogP contribution in [0, 0.1) is 19.8 Å². The van der Waals surface area contributed by atoms with E-state index in [2.05, 4.69) is 20.4 Å². The molecule has 1 fully saturated rings. The van der Waals surface area contributed by atoms with Gasteiger partial charge in [0.2, 0.25) is 5.91 Å². The number of fused-ring (bicyclic) bond motifs is 1. The molecule has 0 bridgehead atoms. The van der Waals surface area contributed by atoms with E-state index in [9.17, 15) is 9.59 Å². The summed E-state index contributed by atoms with van der Waals surface area (Å²) in [4.78, 5) is 35.1. The maximum absolute atomic E-state index is 12.5. The van der Waals surface area contributed by atoms with Crippen molar-refractivity contribution in [3.63, 3.8) is 0 Å². The maximum atomic E-state index is 12.5. The predicted octanol–water partition coefficient (Wildman–Crippen LogP) is 1.36. The first-order valence-electron chi connectivity index (χ1n) is 9.44. The first kappa shape index (κ1) is 17.6. The molecule has 0 spiro atoms. The van der Waals surface area contributed by atoms with Crippen molar-refractivity contribution < 1.29 is 9.59 Å². The highest BCUT2D eigenvalue weighted by Crippen LogP contribution is 2.29. The van der Waals surface area contributed by atoms with Gasteiger partial charge in [0.05, 0.1) is 31.0 Å². The normalized spacial score (nSPS) is 16.6. The highest BCUT2D eigenvalue weighted by molar-refractivity contribution is 5.92. The molecule has 4 rings (SSSR count). The van der Waals surface area contributed by atoms with Crippen molar-refractivity contribution in [2.45, 2.75) is 52.7 Å². The molecule has 1 aliphatic heterocycles. The average Bonchev–Trinajstić information content (AvgIpc) is 2.99. The first-order chi connectivity index (χ1) is 13.0. The lowest BCUT2D eigenvalue weighted by Gasteiger charge is -2.34. The molecule has 0 atom stereocenters. The molecule has 8 nitrogen and oxygen atoms in total. The van der Waals surface area contributed by atoms with Gasteiger partial charge in [-0.15, -0.1) is 0 Å². The van der Waals surface area contributed by atoms with Crippen LogP contribution in [0.4, 0.5) is 0 Å². The van der Waals surface area contributed by atoms with Gasteiger partial charge in [0.25, 0.3) is 5.91 Å². The number of carbonyl (C=O) groups excluding carboxylic acids is 2. The minimum atomic E-state index is -0.239. The predicted molar refractivity (Wildman–Crippen MR) is 97.7 cm³/mol. The molecule has 8 heteroatoms. The lowest BCUT2D eigenvalue weighted by atomic mass is 9.84. The molecular weight excluding hydrogens is 344 g/mol. The molecule has 0 unspecified atom stereocenters. The smallest absolute Gasteiger partial charge is 0.270 e. The summed E-state index contributed by atoms with van der Waals surface area (Å²) in [5, 5.41) is 7.42. The van der Waals surface area contributed by atoms with Crippen molar-refractivity contribution in [3.8, 4) is 0 Å². The van der Waals surface area contributed by atoms with E-state index in [-0.39, 0.29) is 17.7 Å². The number of hydrogen-bond donors (Lipinski definition) is 1. The Morgan fingerprint density at radius 3 is 2.70 bits per heavy atom. The Morgan fingerprint density at radius 1 is 1.19 bits per heavy atom. The van der Waals surface area contributed by atoms with Crippen LogP contribution in [0.25, 0.3) is 0 Å². The molecule has 1 N–H and O–H groups in total. The fraction of sp³-hybridized carbons (Fsp3) is 0.526. The van der Waals surface area contributed by atoms with Crippen molar-refractivity contribution in [2.24, 2.45) is 5.92 Å². The third-order valence-corrected chi connectivity index (χ3v) is 5.24. The fourth-order valence-electron chi connectivity index (χ4n) is 3.61. The number of aryl methyl sites for hydroxylation is 2. The molecule has 3 heterocycles. The summed E-state index contributed by atoms with van der Waals surface area (Å²) >= 11 is 0. The van der Waals surface area contributed by atoms with Crippen LogP contribution in [-0.2, 0) is 24.4 Å². The van der Waals surface area contributed by atoms with Crippen molar-refractivity contribution >= 4 is 11.8 Å². The number of hydrogen-bond acceptors (Lipinski definition) is 5. The lowest BCUT2D eigenvalue weighted by molar-refractivity contribution is -0.139. The Kier molecular flexibility index (Phi) is 4.63. The van der Waals surface area contributed by atoms with Gasteiger partial charge in [0.15, 0.2) is 0 Å². The van der Waals surface area contributed by atoms with Gasteiger partial charge in [-0.05, 0) is 38.8 Å². The minimum Gasteiger partial charge on any atom is -0.345 e. The quantitative estimate of drug-likeness (QED) is 0.880. The molecule has 2 aliphatic rings. The van der Waals surface area contributed by atoms with E-state index in [1.807, 2.05) is 22.6 Å². The van der Waals surface area contributed by atoms with Crippen LogP contribution >= 0.6 is 0 Å². The van der Waals surface area contributed by atoms with Gasteiger partial charge in [-0.3, -0.25) is 14.3 Å². The summed E-state index contributed by atoms with van der Waals surface area (Å²) < 4.78 is 1.94. The van der Waals surface area contributed by atoms with Crippen molar-refractivity contribution in [3.05, 3.63) is 40.7 Å². The average molecular weight is 368 g/mol. The molecule has 2 amide bonds. The zero-order valence-electron chi connectivity index (χ0n) is 15.7. The van der Waals surface area contributed by atoms with Gasteiger partial charge in [0.1, 0.15) is 11.5 Å². The Hall–Kier alpha value is -2.77. The summed E-state index contributed by atoms with van der Waals surface area (Å²) in [5.41, 5.74) is 2.94. The van der Waals surface area contributed by atoms with Gasteiger partial charge in [0, 0.05) is 18.2 Å². The van der Waals surface area contributed by atoms with Crippen LogP contribution in [0.1, 0.15) is 52.7 Å². The monoisotopic (exact) mass is 368 g/mol. The molecule has 1 saturated carbocycles. The maximum Gasteiger partial charge on any atom is 0.270 e. The van der Waals surface area contributed by atoms with Gasteiger partial charge in [-0.2, -0.15) is 5.10 Å². The van der Waals surface area contributed by atoms with Crippen LogP contribution in [-0.4, -0.2) is 43.0 Å². The summed E-state index contributed by atoms with van der Waals surface area (Å²) in [6, 6.07) is 3.64. The standard InChI is InChI=1S/C19H24N6O2/c1-12-8-17(22-13(2)21-12)18(26)20-10-15-9-16-11-24(6-7-25(16)23-15)19(27)14-4-3-5-14/h8-9,14H,3-7,10-11H2,1-2H3,(H,20,26). The van der Waals surface area contributed by atoms with E-state index in [0.29, 0.717) is 37.7 Å². The zero-order valence-corrected chi connectivity index (χ0v) is 15.7. The molecule has 27 heavy (non-hydrogen) atoms. The number of nitrogens with zero attached hydrogens (tertiary/aromatic N) is 5. The molecular formula is C19H24N6O2. The van der Waals surface area contributed by atoms with E-state index in [1.54, 1.807) is 13.0 Å². The summed E-state index contributed by atoms with van der Waals surface area (Å²) in [6.07, 6.45) is 3.21. The Morgan fingerprint density at radius 2 is 2.00 bits per heavy atom. The Balaban J connectivity index is 1.38. The van der Waals surface area contributed by atoms with E-state index in [1.165, 1.54) is 0 Å². The second-order valence-corrected chi connectivity index (χ2v) is 7.36. The third kappa shape index (κ3) is 3.70. The Labute approximate surface area is 158 Å². The van der Waals surface area contributed by atoms with Crippen LogP contribution < -0.4 is 5.32 Å². The second-order valence-electron chi connectivity index (χ2n) is 7.36. The highest BCUT2D eigenvalue weighted by Gasteiger charge is 2.31. The van der Waals surface area contributed by atoms with Crippen LogP contribution in [0.2, 0.25) is 0 Å². The highest BCUT2D eigenvalue weighted by atomic mass is 16.2. The van der Waals surface area contributed by atoms with E-state index in [0.717, 1.165) is 36.3 Å². The molecule has 142 valence electrons. The molecule has 0 saturated heterocycles. The molecule has 0 radical (unpaired) electrons. The molecule has 1 aliphatic carbocycles. The van der Waals surface area contributed by atoms with Crippen LogP contribution in [0.15, 0.2) is 12.1 Å². The molecule has 2 aromatic rings. The van der Waals surface area contributed by atoms with E-state index >= 15 is 0 Å². The van der Waals surface area contributed by atoms with Crippen molar-refractivity contribution in [1.29, 1.82) is 0 Å². The summed E-state index contributed by atoms with van der Waals surface area (Å²) in [7, 11) is 0. The van der Waals surface area contributed by atoms with Gasteiger partial charge < -0.3 is 10.2 Å². The third-order valence-electron chi connectivity index (χ3n) is 5.24. The van der Waals surface area contributed by atoms with Gasteiger partial charge in [-0.1, -0.05) is 6.42 Å². The zero-order chi connectivity index (χ0) is 19.0. The minimum absolute atomic E-state index is 0.220. The topological polar surface area (TPSA) is 93.0 Å². The van der Waals surface area contributed by atoms with E-state index < -0.39 is 0 Å². The number of aromatic nitrogens is 4. The molecule has 0 aromatic carbocycles. The summed E-state index contributed by atoms with van der Waals surface area (Å²) in [6.45, 7) is 5.94. The lowest BCUT2D eigenvalue weighted by Crippen LogP contribution is -2.43. The largest absolute Gasteiger partial charge is 0.345 e. The number of nitrogens with one attached hydrogen (secondary N) is 1. The first-order valence-corrected chi connectivity index (χ1v) is 9.44. The van der Waals surface area contributed by atoms with Crippen LogP contribution in [0.3, 0.4) is 0 Å². The SMILES string of the molecule is Cc1cc(C(=O)NCc2cc3n(n2)CCN(C(=O)C2CCC2)C3)nc(C)n1. The Bertz CT molecular complexity index is 866.